The van der Waals surface area contributed by atoms with Crippen LogP contribution in [0, 0.1) is 3.95 Å². The number of methoxy groups -OCH3 is 1. The van der Waals surface area contributed by atoms with Crippen LogP contribution < -0.4 is 9.47 Å². The molecule has 146 valence electrons. The third-order valence-electron chi connectivity index (χ3n) is 4.63. The molecule has 0 N–H and O–H groups in total. The topological polar surface area (TPSA) is 48.4 Å². The summed E-state index contributed by atoms with van der Waals surface area (Å²) in [5.74, 6) is 0.637. The molecule has 1 aromatic heterocycles. The Hall–Kier alpha value is -2.61. The minimum absolute atomic E-state index is 0.296. The van der Waals surface area contributed by atoms with Crippen LogP contribution in [0.3, 0.4) is 0 Å². The molecule has 0 aliphatic rings. The van der Waals surface area contributed by atoms with E-state index in [2.05, 4.69) is 4.98 Å². The molecule has 4 nitrogen and oxygen atoms in total. The van der Waals surface area contributed by atoms with Crippen molar-refractivity contribution in [3.05, 3.63) is 70.2 Å². The first-order valence-electron chi connectivity index (χ1n) is 8.90. The largest absolute Gasteiger partial charge is 0.497 e. The van der Waals surface area contributed by atoms with E-state index in [0.29, 0.717) is 9.70 Å². The molecule has 1 atom stereocenters. The third-order valence-corrected chi connectivity index (χ3v) is 7.29. The Morgan fingerprint density at radius 2 is 1.66 bits per heavy atom. The van der Waals surface area contributed by atoms with Gasteiger partial charge in [-0.2, -0.15) is 0 Å². The average Bonchev–Trinajstić information content (AvgIpc) is 3.19. The van der Waals surface area contributed by atoms with Crippen molar-refractivity contribution in [1.29, 1.82) is 0 Å². The lowest BCUT2D eigenvalue weighted by atomic mass is 9.98. The highest BCUT2D eigenvalue weighted by Gasteiger charge is 2.18. The fourth-order valence-corrected chi connectivity index (χ4v) is 5.07. The quantitative estimate of drug-likeness (QED) is 0.154. The number of nitrogens with zero attached hydrogens (tertiary/aromatic N) is 1. The van der Waals surface area contributed by atoms with Crippen molar-refractivity contribution < 1.29 is 14.3 Å². The maximum absolute atomic E-state index is 12.6. The van der Waals surface area contributed by atoms with Gasteiger partial charge in [-0.1, -0.05) is 34.6 Å². The highest BCUT2D eigenvalue weighted by Crippen LogP contribution is 2.29. The van der Waals surface area contributed by atoms with Crippen molar-refractivity contribution in [3.8, 4) is 22.1 Å². The van der Waals surface area contributed by atoms with Crippen molar-refractivity contribution in [2.75, 3.05) is 7.11 Å². The Bertz CT molecular complexity index is 1230. The predicted molar refractivity (Wildman–Crippen MR) is 121 cm³/mol. The normalized spacial score (nSPS) is 11.9. The fourth-order valence-electron chi connectivity index (χ4n) is 2.95. The van der Waals surface area contributed by atoms with Crippen LogP contribution in [0.2, 0.25) is 0 Å². The minimum atomic E-state index is -0.385. The molecule has 3 aromatic carbocycles. The van der Waals surface area contributed by atoms with Crippen molar-refractivity contribution >= 4 is 49.6 Å². The van der Waals surface area contributed by atoms with Crippen LogP contribution in [0.25, 0.3) is 21.3 Å². The zero-order valence-electron chi connectivity index (χ0n) is 15.7. The molecule has 29 heavy (non-hydrogen) atoms. The summed E-state index contributed by atoms with van der Waals surface area (Å²) in [5.41, 5.74) is 1.87. The first-order valence-corrected chi connectivity index (χ1v) is 11.5. The number of ether oxygens (including phenoxy) is 2. The third kappa shape index (κ3) is 4.37. The summed E-state index contributed by atoms with van der Waals surface area (Å²) < 4.78 is 11.5. The number of esters is 1. The van der Waals surface area contributed by atoms with E-state index in [0.717, 1.165) is 32.7 Å². The summed E-state index contributed by atoms with van der Waals surface area (Å²) >= 11 is 5.07. The van der Waals surface area contributed by atoms with Crippen LogP contribution in [0.1, 0.15) is 18.4 Å². The lowest BCUT2D eigenvalue weighted by Gasteiger charge is -2.13. The van der Waals surface area contributed by atoms with Crippen molar-refractivity contribution in [2.24, 2.45) is 0 Å². The van der Waals surface area contributed by atoms with Crippen molar-refractivity contribution in [3.63, 3.8) is 0 Å². The van der Waals surface area contributed by atoms with E-state index in [1.807, 2.05) is 55.5 Å². The smallest absolute Gasteiger partial charge is 0.318 e. The van der Waals surface area contributed by atoms with Crippen LogP contribution in [0.5, 0.6) is 11.5 Å². The molecule has 0 aliphatic carbocycles. The molecule has 0 saturated heterocycles. The first kappa shape index (κ1) is 19.7. The summed E-state index contributed by atoms with van der Waals surface area (Å²) in [7, 11) is 4.66. The molecule has 1 unspecified atom stereocenters. The van der Waals surface area contributed by atoms with Gasteiger partial charge in [-0.25, -0.2) is 4.98 Å². The van der Waals surface area contributed by atoms with Gasteiger partial charge in [-0.05, 0) is 82.2 Å². The Morgan fingerprint density at radius 3 is 2.34 bits per heavy atom. The molecule has 0 radical (unpaired) electrons. The monoisotopic (exact) mass is 439 g/mol. The molecular formula is C22H17NO3S3. The molecule has 4 aromatic rings. The van der Waals surface area contributed by atoms with E-state index in [4.69, 9.17) is 21.7 Å². The zero-order valence-corrected chi connectivity index (χ0v) is 18.2. The second kappa shape index (κ2) is 8.41. The number of aromatic nitrogens is 1. The van der Waals surface area contributed by atoms with Crippen LogP contribution in [-0.4, -0.2) is 18.1 Å². The number of carbonyl (C=O) groups excluding carboxylic acids is 1. The predicted octanol–water partition coefficient (Wildman–Crippen LogP) is 6.47. The number of rotatable bonds is 5. The second-order valence-electron chi connectivity index (χ2n) is 6.49. The van der Waals surface area contributed by atoms with Gasteiger partial charge in [0.05, 0.1) is 13.0 Å². The maximum atomic E-state index is 12.6. The van der Waals surface area contributed by atoms with Gasteiger partial charge in [0.2, 0.25) is 0 Å². The lowest BCUT2D eigenvalue weighted by Crippen LogP contribution is -2.16. The Kier molecular flexibility index (Phi) is 5.71. The molecule has 1 heterocycles. The molecule has 0 spiro atoms. The number of fused-ring (bicyclic) bond motifs is 1. The second-order valence-corrected chi connectivity index (χ2v) is 9.24. The minimum Gasteiger partial charge on any atom is -0.497 e. The molecule has 7 heteroatoms. The Balaban J connectivity index is 1.49. The maximum Gasteiger partial charge on any atom is 0.318 e. The van der Waals surface area contributed by atoms with Gasteiger partial charge in [0.15, 0.2) is 3.95 Å². The van der Waals surface area contributed by atoms with Gasteiger partial charge < -0.3 is 9.47 Å². The van der Waals surface area contributed by atoms with Crippen LogP contribution in [-0.2, 0) is 4.79 Å². The van der Waals surface area contributed by atoms with Gasteiger partial charge in [0.1, 0.15) is 16.5 Å². The molecule has 0 amide bonds. The van der Waals surface area contributed by atoms with Gasteiger partial charge in [0.25, 0.3) is 0 Å². The number of hydrogen-bond acceptors (Lipinski definition) is 7. The van der Waals surface area contributed by atoms with Crippen LogP contribution in [0.15, 0.2) is 60.7 Å². The fraction of sp³-hybridized carbons (Fsp3) is 0.136. The molecule has 4 rings (SSSR count). The molecule has 0 bridgehead atoms. The van der Waals surface area contributed by atoms with E-state index in [1.165, 1.54) is 20.7 Å². The van der Waals surface area contributed by atoms with Crippen LogP contribution in [0.4, 0.5) is 0 Å². The van der Waals surface area contributed by atoms with Gasteiger partial charge in [-0.3, -0.25) is 4.79 Å². The SMILES string of the molecule is COc1ccc2cc(C(C)C(=O)Oc3ccc(-c4nc(=S)ss4)cc3)ccc2c1. The number of benzene rings is 3. The molecule has 0 fully saturated rings. The van der Waals surface area contributed by atoms with E-state index in [-0.39, 0.29) is 11.9 Å². The van der Waals surface area contributed by atoms with Crippen molar-refractivity contribution in [2.45, 2.75) is 12.8 Å². The molecule has 0 saturated carbocycles. The zero-order chi connectivity index (χ0) is 20.4. The van der Waals surface area contributed by atoms with Crippen molar-refractivity contribution in [1.82, 2.24) is 4.98 Å². The first-order chi connectivity index (χ1) is 14.0. The van der Waals surface area contributed by atoms with E-state index < -0.39 is 0 Å². The highest BCUT2D eigenvalue weighted by atomic mass is 32.9. The summed E-state index contributed by atoms with van der Waals surface area (Å²) in [5, 5.41) is 2.99. The van der Waals surface area contributed by atoms with Gasteiger partial charge in [0, 0.05) is 5.56 Å². The van der Waals surface area contributed by atoms with E-state index >= 15 is 0 Å². The average molecular weight is 440 g/mol. The molecule has 0 aliphatic heterocycles. The summed E-state index contributed by atoms with van der Waals surface area (Å²) in [6, 6.07) is 19.2. The van der Waals surface area contributed by atoms with E-state index in [9.17, 15) is 4.79 Å². The summed E-state index contributed by atoms with van der Waals surface area (Å²) in [6.45, 7) is 1.85. The van der Waals surface area contributed by atoms with Crippen LogP contribution >= 0.6 is 32.9 Å². The number of carbonyl (C=O) groups is 1. The summed E-state index contributed by atoms with van der Waals surface area (Å²) in [6.07, 6.45) is 0. The lowest BCUT2D eigenvalue weighted by molar-refractivity contribution is -0.135. The van der Waals surface area contributed by atoms with E-state index in [1.54, 1.807) is 19.2 Å². The summed E-state index contributed by atoms with van der Waals surface area (Å²) in [4.78, 5) is 17.0. The standard InChI is InChI=1S/C22H17NO3S3/c1-13(15-3-4-17-12-19(25-2)10-7-16(17)11-15)21(24)26-18-8-5-14(6-9-18)20-23-22(27)29-28-20/h3-13H,1-2H3. The van der Waals surface area contributed by atoms with Gasteiger partial charge >= 0.3 is 5.97 Å². The Labute approximate surface area is 180 Å². The number of hydrogen-bond donors (Lipinski definition) is 0. The molecular weight excluding hydrogens is 422 g/mol. The Morgan fingerprint density at radius 1 is 0.966 bits per heavy atom. The highest BCUT2D eigenvalue weighted by molar-refractivity contribution is 7.79. The van der Waals surface area contributed by atoms with Gasteiger partial charge in [-0.15, -0.1) is 0 Å².